The van der Waals surface area contributed by atoms with Crippen LogP contribution in [0.4, 0.5) is 0 Å². The Hall–Kier alpha value is -0.0900. The second kappa shape index (κ2) is 10.6. The van der Waals surface area contributed by atoms with E-state index in [1.54, 1.807) is 7.05 Å². The summed E-state index contributed by atoms with van der Waals surface area (Å²) in [6.07, 6.45) is 4.50. The summed E-state index contributed by atoms with van der Waals surface area (Å²) >= 11 is 0. The van der Waals surface area contributed by atoms with E-state index >= 15 is 0 Å². The third kappa shape index (κ3) is 9.83. The Balaban J connectivity index is 0.00000441. The Labute approximate surface area is 152 Å². The van der Waals surface area contributed by atoms with Gasteiger partial charge in [-0.25, -0.2) is 8.42 Å². The molecule has 0 amide bonds. The number of guanidine groups is 1. The predicted molar refractivity (Wildman–Crippen MR) is 104 cm³/mol. The van der Waals surface area contributed by atoms with Gasteiger partial charge in [0.15, 0.2) is 5.96 Å². The summed E-state index contributed by atoms with van der Waals surface area (Å²) in [4.78, 5) is 6.66. The van der Waals surface area contributed by atoms with Gasteiger partial charge in [0.1, 0.15) is 9.84 Å². The molecule has 0 spiro atoms. The van der Waals surface area contributed by atoms with E-state index in [2.05, 4.69) is 27.4 Å². The maximum atomic E-state index is 11.2. The van der Waals surface area contributed by atoms with Crippen molar-refractivity contribution >= 4 is 39.8 Å². The molecular weight excluding hydrogens is 415 g/mol. The van der Waals surface area contributed by atoms with Crippen LogP contribution in [0, 0.1) is 0 Å². The molecule has 0 aromatic carbocycles. The van der Waals surface area contributed by atoms with Gasteiger partial charge in [0.05, 0.1) is 5.75 Å². The number of sulfone groups is 1. The number of halogens is 1. The highest BCUT2D eigenvalue weighted by Gasteiger charge is 2.27. The normalized spacial score (nSPS) is 17.0. The third-order valence-electron chi connectivity index (χ3n) is 3.69. The molecule has 22 heavy (non-hydrogen) atoms. The Morgan fingerprint density at radius 1 is 1.41 bits per heavy atom. The van der Waals surface area contributed by atoms with E-state index in [0.717, 1.165) is 31.6 Å². The van der Waals surface area contributed by atoms with Gasteiger partial charge in [-0.2, -0.15) is 0 Å². The third-order valence-corrected chi connectivity index (χ3v) is 4.67. The molecule has 6 nitrogen and oxygen atoms in total. The molecule has 132 valence electrons. The Morgan fingerprint density at radius 2 is 2.05 bits per heavy atom. The first kappa shape index (κ1) is 21.9. The lowest BCUT2D eigenvalue weighted by Gasteiger charge is -2.22. The van der Waals surface area contributed by atoms with Gasteiger partial charge in [-0.3, -0.25) is 9.89 Å². The minimum atomic E-state index is -2.90. The zero-order valence-corrected chi connectivity index (χ0v) is 17.3. The molecule has 0 bridgehead atoms. The highest BCUT2D eigenvalue weighted by atomic mass is 127. The fourth-order valence-electron chi connectivity index (χ4n) is 2.25. The van der Waals surface area contributed by atoms with Crippen molar-refractivity contribution in [1.82, 2.24) is 15.5 Å². The van der Waals surface area contributed by atoms with E-state index in [9.17, 15) is 8.42 Å². The van der Waals surface area contributed by atoms with Crippen LogP contribution in [0.5, 0.6) is 0 Å². The zero-order valence-electron chi connectivity index (χ0n) is 14.1. The molecule has 0 radical (unpaired) electrons. The minimum Gasteiger partial charge on any atom is -0.355 e. The lowest BCUT2D eigenvalue weighted by atomic mass is 10.3. The van der Waals surface area contributed by atoms with Crippen molar-refractivity contribution in [3.8, 4) is 0 Å². The van der Waals surface area contributed by atoms with Gasteiger partial charge in [0, 0.05) is 38.5 Å². The van der Waals surface area contributed by atoms with E-state index in [-0.39, 0.29) is 35.8 Å². The molecule has 1 fully saturated rings. The van der Waals surface area contributed by atoms with E-state index in [1.165, 1.54) is 19.1 Å². The number of likely N-dealkylation sites (N-methyl/N-ethyl adjacent to an activating group) is 1. The van der Waals surface area contributed by atoms with Crippen LogP contribution >= 0.6 is 24.0 Å². The molecule has 1 rings (SSSR count). The number of hydrogen-bond acceptors (Lipinski definition) is 4. The summed E-state index contributed by atoms with van der Waals surface area (Å²) in [6, 6.07) is 0.858. The molecule has 0 aromatic heterocycles. The number of aliphatic imine (C=N–C) groups is 1. The summed E-state index contributed by atoms with van der Waals surface area (Å²) < 4.78 is 22.3. The molecule has 0 aromatic rings. The van der Waals surface area contributed by atoms with Crippen LogP contribution in [-0.4, -0.2) is 70.1 Å². The van der Waals surface area contributed by atoms with Gasteiger partial charge >= 0.3 is 0 Å². The molecule has 1 aliphatic carbocycles. The molecular formula is C14H31IN4O2S. The van der Waals surface area contributed by atoms with Gasteiger partial charge in [0.2, 0.25) is 0 Å². The number of rotatable bonds is 9. The van der Waals surface area contributed by atoms with Crippen LogP contribution in [0.2, 0.25) is 0 Å². The zero-order chi connectivity index (χ0) is 15.9. The molecule has 1 saturated carbocycles. The molecule has 0 aliphatic heterocycles. The smallest absolute Gasteiger partial charge is 0.191 e. The highest BCUT2D eigenvalue weighted by molar-refractivity contribution is 14.0. The maximum Gasteiger partial charge on any atom is 0.191 e. The van der Waals surface area contributed by atoms with Crippen LogP contribution in [0.25, 0.3) is 0 Å². The first-order valence-corrected chi connectivity index (χ1v) is 9.80. The van der Waals surface area contributed by atoms with Gasteiger partial charge in [-0.1, -0.05) is 6.92 Å². The fraction of sp³-hybridized carbons (Fsp3) is 0.929. The SMILES string of the molecule is CCN(CCNC(=NC)NC(C)CCS(C)(=O)=O)C1CC1.I. The average Bonchev–Trinajstić information content (AvgIpc) is 3.23. The molecule has 1 unspecified atom stereocenters. The van der Waals surface area contributed by atoms with Crippen LogP contribution in [-0.2, 0) is 9.84 Å². The van der Waals surface area contributed by atoms with Crippen molar-refractivity contribution in [2.24, 2.45) is 4.99 Å². The fourth-order valence-corrected chi connectivity index (χ4v) is 3.03. The largest absolute Gasteiger partial charge is 0.355 e. The molecule has 0 saturated heterocycles. The first-order valence-electron chi connectivity index (χ1n) is 7.74. The minimum absolute atomic E-state index is 0. The van der Waals surface area contributed by atoms with Gasteiger partial charge in [0.25, 0.3) is 0 Å². The summed E-state index contributed by atoms with van der Waals surface area (Å²) in [6.45, 7) is 7.12. The van der Waals surface area contributed by atoms with Crippen molar-refractivity contribution < 1.29 is 8.42 Å². The van der Waals surface area contributed by atoms with Crippen molar-refractivity contribution in [2.45, 2.75) is 45.2 Å². The van der Waals surface area contributed by atoms with Crippen molar-refractivity contribution in [3.05, 3.63) is 0 Å². The van der Waals surface area contributed by atoms with Crippen LogP contribution in [0.1, 0.15) is 33.1 Å². The van der Waals surface area contributed by atoms with Gasteiger partial charge in [-0.15, -0.1) is 24.0 Å². The monoisotopic (exact) mass is 446 g/mol. The van der Waals surface area contributed by atoms with Crippen LogP contribution < -0.4 is 10.6 Å². The number of nitrogens with one attached hydrogen (secondary N) is 2. The highest BCUT2D eigenvalue weighted by Crippen LogP contribution is 2.25. The van der Waals surface area contributed by atoms with E-state index in [0.29, 0.717) is 6.42 Å². The van der Waals surface area contributed by atoms with E-state index < -0.39 is 9.84 Å². The Bertz CT molecular complexity index is 438. The molecule has 1 atom stereocenters. The van der Waals surface area contributed by atoms with Crippen LogP contribution in [0.15, 0.2) is 4.99 Å². The number of hydrogen-bond donors (Lipinski definition) is 2. The topological polar surface area (TPSA) is 73.8 Å². The summed E-state index contributed by atoms with van der Waals surface area (Å²) in [5.74, 6) is 0.937. The molecule has 0 heterocycles. The van der Waals surface area contributed by atoms with Crippen molar-refractivity contribution in [2.75, 3.05) is 38.7 Å². The quantitative estimate of drug-likeness (QED) is 0.315. The van der Waals surface area contributed by atoms with Gasteiger partial charge < -0.3 is 10.6 Å². The van der Waals surface area contributed by atoms with Crippen molar-refractivity contribution in [3.63, 3.8) is 0 Å². The second-order valence-corrected chi connectivity index (χ2v) is 8.08. The summed E-state index contributed by atoms with van der Waals surface area (Å²) in [7, 11) is -1.17. The van der Waals surface area contributed by atoms with Crippen LogP contribution in [0.3, 0.4) is 0 Å². The van der Waals surface area contributed by atoms with E-state index in [1.807, 2.05) is 6.92 Å². The second-order valence-electron chi connectivity index (χ2n) is 5.82. The standard InChI is InChI=1S/C14H30N4O2S.HI/c1-5-18(13-6-7-13)10-9-16-14(15-3)17-12(2)8-11-21(4,19)20;/h12-13H,5-11H2,1-4H3,(H2,15,16,17);1H. The lowest BCUT2D eigenvalue weighted by molar-refractivity contribution is 0.282. The number of nitrogens with zero attached hydrogens (tertiary/aromatic N) is 2. The Kier molecular flexibility index (Phi) is 10.6. The maximum absolute atomic E-state index is 11.2. The average molecular weight is 446 g/mol. The van der Waals surface area contributed by atoms with Gasteiger partial charge in [-0.05, 0) is 32.7 Å². The Morgan fingerprint density at radius 3 is 2.50 bits per heavy atom. The van der Waals surface area contributed by atoms with E-state index in [4.69, 9.17) is 0 Å². The summed E-state index contributed by atoms with van der Waals surface area (Å²) in [5, 5.41) is 6.52. The first-order chi connectivity index (χ1) is 9.85. The lowest BCUT2D eigenvalue weighted by Crippen LogP contribution is -2.45. The van der Waals surface area contributed by atoms with Crippen molar-refractivity contribution in [1.29, 1.82) is 0 Å². The molecule has 1 aliphatic rings. The summed E-state index contributed by atoms with van der Waals surface area (Å²) in [5.41, 5.74) is 0. The molecule has 8 heteroatoms. The molecule has 2 N–H and O–H groups in total. The predicted octanol–water partition coefficient (Wildman–Crippen LogP) is 1.08.